The lowest BCUT2D eigenvalue weighted by molar-refractivity contribution is -0.141. The maximum atomic E-state index is 11.3. The number of methoxy groups -OCH3 is 1. The van der Waals surface area contributed by atoms with Crippen molar-refractivity contribution >= 4 is 28.9 Å². The third kappa shape index (κ3) is 3.42. The first-order valence-electron chi connectivity index (χ1n) is 5.20. The van der Waals surface area contributed by atoms with E-state index in [0.29, 0.717) is 4.99 Å². The maximum Gasteiger partial charge on any atom is 0.327 e. The van der Waals surface area contributed by atoms with Crippen molar-refractivity contribution in [1.82, 2.24) is 0 Å². The number of aryl methyl sites for hydroxylation is 1. The lowest BCUT2D eigenvalue weighted by Crippen LogP contribution is -2.28. The minimum atomic E-state index is -0.449. The third-order valence-electron chi connectivity index (χ3n) is 2.37. The molecule has 0 aliphatic rings. The number of anilines is 1. The average molecular weight is 252 g/mol. The summed E-state index contributed by atoms with van der Waals surface area (Å²) in [5.74, 6) is -0.333. The Bertz CT molecular complexity index is 446. The topological polar surface area (TPSA) is 64.3 Å². The summed E-state index contributed by atoms with van der Waals surface area (Å²) in [6, 6.07) is 5.20. The van der Waals surface area contributed by atoms with Gasteiger partial charge in [0.25, 0.3) is 0 Å². The van der Waals surface area contributed by atoms with Gasteiger partial charge in [-0.15, -0.1) is 0 Å². The average Bonchev–Trinajstić information content (AvgIpc) is 2.27. The van der Waals surface area contributed by atoms with Crippen LogP contribution in [0.3, 0.4) is 0 Å². The molecule has 0 amide bonds. The molecule has 1 unspecified atom stereocenters. The SMILES string of the molecule is COC(=O)C(C)Nc1cc(C)ccc1C(N)=S. The van der Waals surface area contributed by atoms with Crippen LogP contribution in [0.4, 0.5) is 5.69 Å². The van der Waals surface area contributed by atoms with Crippen LogP contribution in [0, 0.1) is 6.92 Å². The van der Waals surface area contributed by atoms with Gasteiger partial charge < -0.3 is 15.8 Å². The number of nitrogens with one attached hydrogen (secondary N) is 1. The van der Waals surface area contributed by atoms with Crippen molar-refractivity contribution in [3.05, 3.63) is 29.3 Å². The molecular weight excluding hydrogens is 236 g/mol. The van der Waals surface area contributed by atoms with E-state index in [0.717, 1.165) is 16.8 Å². The summed E-state index contributed by atoms with van der Waals surface area (Å²) in [5.41, 5.74) is 8.15. The third-order valence-corrected chi connectivity index (χ3v) is 2.59. The highest BCUT2D eigenvalue weighted by Crippen LogP contribution is 2.18. The molecule has 1 atom stereocenters. The van der Waals surface area contributed by atoms with Crippen LogP contribution < -0.4 is 11.1 Å². The van der Waals surface area contributed by atoms with Gasteiger partial charge in [0.05, 0.1) is 7.11 Å². The molecule has 92 valence electrons. The monoisotopic (exact) mass is 252 g/mol. The first kappa shape index (κ1) is 13.4. The zero-order chi connectivity index (χ0) is 13.0. The van der Waals surface area contributed by atoms with E-state index in [1.807, 2.05) is 25.1 Å². The summed E-state index contributed by atoms with van der Waals surface area (Å²) in [7, 11) is 1.35. The van der Waals surface area contributed by atoms with E-state index >= 15 is 0 Å². The first-order valence-corrected chi connectivity index (χ1v) is 5.61. The standard InChI is InChI=1S/C12H16N2O2S/c1-7-4-5-9(11(13)17)10(6-7)14-8(2)12(15)16-3/h4-6,8,14H,1-3H3,(H2,13,17). The molecule has 5 heteroatoms. The van der Waals surface area contributed by atoms with Gasteiger partial charge in [-0.1, -0.05) is 18.3 Å². The number of carbonyl (C=O) groups is 1. The minimum absolute atomic E-state index is 0.296. The summed E-state index contributed by atoms with van der Waals surface area (Å²) in [6.45, 7) is 3.68. The van der Waals surface area contributed by atoms with Crippen LogP contribution in [0.1, 0.15) is 18.1 Å². The van der Waals surface area contributed by atoms with E-state index < -0.39 is 6.04 Å². The molecule has 0 saturated heterocycles. The van der Waals surface area contributed by atoms with Gasteiger partial charge in [0.1, 0.15) is 11.0 Å². The van der Waals surface area contributed by atoms with Gasteiger partial charge in [-0.25, -0.2) is 4.79 Å². The first-order chi connectivity index (χ1) is 7.95. The van der Waals surface area contributed by atoms with Gasteiger partial charge in [-0.3, -0.25) is 0 Å². The van der Waals surface area contributed by atoms with E-state index in [1.165, 1.54) is 7.11 Å². The van der Waals surface area contributed by atoms with E-state index in [2.05, 4.69) is 10.1 Å². The van der Waals surface area contributed by atoms with Crippen LogP contribution in [0.2, 0.25) is 0 Å². The number of hydrogen-bond donors (Lipinski definition) is 2. The number of ether oxygens (including phenoxy) is 1. The predicted molar refractivity (Wildman–Crippen MR) is 72.2 cm³/mol. The summed E-state index contributed by atoms with van der Waals surface area (Å²) in [5, 5.41) is 3.04. The summed E-state index contributed by atoms with van der Waals surface area (Å²) in [4.78, 5) is 11.6. The number of nitrogens with two attached hydrogens (primary N) is 1. The predicted octanol–water partition coefficient (Wildman–Crippen LogP) is 1.60. The van der Waals surface area contributed by atoms with Crippen LogP contribution in [0.5, 0.6) is 0 Å². The Kier molecular flexibility index (Phi) is 4.45. The van der Waals surface area contributed by atoms with Gasteiger partial charge in [0.15, 0.2) is 0 Å². The summed E-state index contributed by atoms with van der Waals surface area (Å²) >= 11 is 4.96. The van der Waals surface area contributed by atoms with Crippen LogP contribution in [0.25, 0.3) is 0 Å². The molecule has 17 heavy (non-hydrogen) atoms. The Hall–Kier alpha value is -1.62. The van der Waals surface area contributed by atoms with Gasteiger partial charge >= 0.3 is 5.97 Å². The van der Waals surface area contributed by atoms with Crippen molar-refractivity contribution in [3.8, 4) is 0 Å². The molecule has 1 aromatic rings. The molecule has 0 saturated carbocycles. The van der Waals surface area contributed by atoms with Crippen molar-refractivity contribution in [2.75, 3.05) is 12.4 Å². The number of esters is 1. The van der Waals surface area contributed by atoms with Crippen LogP contribution >= 0.6 is 12.2 Å². The molecule has 0 fully saturated rings. The molecule has 0 bridgehead atoms. The fourth-order valence-corrected chi connectivity index (χ4v) is 1.64. The smallest absolute Gasteiger partial charge is 0.327 e. The van der Waals surface area contributed by atoms with Crippen LogP contribution in [-0.4, -0.2) is 24.1 Å². The Morgan fingerprint density at radius 2 is 2.18 bits per heavy atom. The summed E-state index contributed by atoms with van der Waals surface area (Å²) in [6.07, 6.45) is 0. The molecule has 0 aliphatic heterocycles. The van der Waals surface area contributed by atoms with Crippen LogP contribution in [-0.2, 0) is 9.53 Å². The second-order valence-corrected chi connectivity index (χ2v) is 4.24. The van der Waals surface area contributed by atoms with Crippen LogP contribution in [0.15, 0.2) is 18.2 Å². The van der Waals surface area contributed by atoms with Gasteiger partial charge in [-0.05, 0) is 31.5 Å². The number of carbonyl (C=O) groups excluding carboxylic acids is 1. The lowest BCUT2D eigenvalue weighted by atomic mass is 10.1. The fraction of sp³-hybridized carbons (Fsp3) is 0.333. The normalized spacial score (nSPS) is 11.7. The second-order valence-electron chi connectivity index (χ2n) is 3.80. The van der Waals surface area contributed by atoms with Crippen molar-refractivity contribution in [1.29, 1.82) is 0 Å². The van der Waals surface area contributed by atoms with E-state index in [9.17, 15) is 4.79 Å². The molecular formula is C12H16N2O2S. The largest absolute Gasteiger partial charge is 0.467 e. The minimum Gasteiger partial charge on any atom is -0.467 e. The second kappa shape index (κ2) is 5.63. The molecule has 0 aromatic heterocycles. The Morgan fingerprint density at radius 1 is 1.53 bits per heavy atom. The molecule has 3 N–H and O–H groups in total. The Labute approximate surface area is 106 Å². The number of hydrogen-bond acceptors (Lipinski definition) is 4. The zero-order valence-electron chi connectivity index (χ0n) is 10.1. The quantitative estimate of drug-likeness (QED) is 0.629. The van der Waals surface area contributed by atoms with Gasteiger partial charge in [-0.2, -0.15) is 0 Å². The molecule has 0 spiro atoms. The highest BCUT2D eigenvalue weighted by molar-refractivity contribution is 7.80. The van der Waals surface area contributed by atoms with Crippen molar-refractivity contribution in [3.63, 3.8) is 0 Å². The lowest BCUT2D eigenvalue weighted by Gasteiger charge is -2.16. The molecule has 0 radical (unpaired) electrons. The molecule has 1 aromatic carbocycles. The summed E-state index contributed by atoms with van der Waals surface area (Å²) < 4.78 is 4.65. The zero-order valence-corrected chi connectivity index (χ0v) is 10.9. The van der Waals surface area contributed by atoms with Crippen molar-refractivity contribution in [2.24, 2.45) is 5.73 Å². The fourth-order valence-electron chi connectivity index (χ4n) is 1.46. The van der Waals surface area contributed by atoms with E-state index in [-0.39, 0.29) is 5.97 Å². The molecule has 4 nitrogen and oxygen atoms in total. The molecule has 0 aliphatic carbocycles. The highest BCUT2D eigenvalue weighted by Gasteiger charge is 2.15. The number of rotatable bonds is 4. The Balaban J connectivity index is 3.00. The van der Waals surface area contributed by atoms with Crippen molar-refractivity contribution < 1.29 is 9.53 Å². The van der Waals surface area contributed by atoms with E-state index in [1.54, 1.807) is 6.92 Å². The molecule has 1 rings (SSSR count). The van der Waals surface area contributed by atoms with E-state index in [4.69, 9.17) is 18.0 Å². The number of benzene rings is 1. The molecule has 0 heterocycles. The Morgan fingerprint density at radius 3 is 2.71 bits per heavy atom. The van der Waals surface area contributed by atoms with Gasteiger partial charge in [0, 0.05) is 11.3 Å². The van der Waals surface area contributed by atoms with Crippen molar-refractivity contribution in [2.45, 2.75) is 19.9 Å². The van der Waals surface area contributed by atoms with Gasteiger partial charge in [0.2, 0.25) is 0 Å². The maximum absolute atomic E-state index is 11.3. The number of thiocarbonyl (C=S) groups is 1. The highest BCUT2D eigenvalue weighted by atomic mass is 32.1.